The van der Waals surface area contributed by atoms with Gasteiger partial charge in [-0.1, -0.05) is 0 Å². The molecule has 3 rings (SSSR count). The highest BCUT2D eigenvalue weighted by Gasteiger charge is 2.35. The second kappa shape index (κ2) is 6.49. The molecule has 0 atom stereocenters. The average molecular weight is 419 g/mol. The smallest absolute Gasteiger partial charge is 0.390 e. The maximum absolute atomic E-state index is 13.5. The number of benzene rings is 1. The van der Waals surface area contributed by atoms with E-state index in [1.807, 2.05) is 4.98 Å². The molecule has 28 heavy (non-hydrogen) atoms. The summed E-state index contributed by atoms with van der Waals surface area (Å²) in [7, 11) is -4.01. The normalized spacial score (nSPS) is 12.5. The standard InChI is InChI=1S/C14H12F3N5O5S/c1-28(26,27)20-22-12(24)8-2-11(21-4-7(5-23)18-6-21)9(14(15,16)17)3-10(8)19-13(22)25/h2-4,6,20,23H,5H2,1H3,(H,19,25). The van der Waals surface area contributed by atoms with E-state index < -0.39 is 50.8 Å². The van der Waals surface area contributed by atoms with Crippen molar-refractivity contribution in [3.63, 3.8) is 0 Å². The Labute approximate surface area is 153 Å². The van der Waals surface area contributed by atoms with E-state index in [2.05, 4.69) is 4.98 Å². The average Bonchev–Trinajstić information content (AvgIpc) is 3.05. The summed E-state index contributed by atoms with van der Waals surface area (Å²) >= 11 is 0. The Hall–Kier alpha value is -3.13. The molecule has 0 saturated heterocycles. The van der Waals surface area contributed by atoms with Gasteiger partial charge in [0.15, 0.2) is 0 Å². The molecule has 0 radical (unpaired) electrons. The zero-order valence-corrected chi connectivity index (χ0v) is 14.8. The predicted octanol–water partition coefficient (Wildman–Crippen LogP) is -0.110. The van der Waals surface area contributed by atoms with E-state index in [4.69, 9.17) is 5.11 Å². The van der Waals surface area contributed by atoms with Crippen molar-refractivity contribution < 1.29 is 26.7 Å². The maximum atomic E-state index is 13.5. The van der Waals surface area contributed by atoms with Crippen LogP contribution in [0.2, 0.25) is 0 Å². The number of rotatable bonds is 4. The number of aromatic amines is 1. The van der Waals surface area contributed by atoms with Gasteiger partial charge in [0.05, 0.1) is 47.0 Å². The summed E-state index contributed by atoms with van der Waals surface area (Å²) in [4.78, 5) is 31.9. The van der Waals surface area contributed by atoms with E-state index in [1.165, 1.54) is 0 Å². The summed E-state index contributed by atoms with van der Waals surface area (Å²) in [5.41, 5.74) is -4.44. The second-order valence-electron chi connectivity index (χ2n) is 5.78. The molecule has 0 unspecified atom stereocenters. The predicted molar refractivity (Wildman–Crippen MR) is 91.1 cm³/mol. The molecule has 10 nitrogen and oxygen atoms in total. The Morgan fingerprint density at radius 3 is 2.50 bits per heavy atom. The molecule has 1 aromatic carbocycles. The summed E-state index contributed by atoms with van der Waals surface area (Å²) in [5, 5.41) is 8.68. The van der Waals surface area contributed by atoms with Crippen LogP contribution in [0, 0.1) is 0 Å². The molecule has 0 aliphatic carbocycles. The fourth-order valence-corrected chi connectivity index (χ4v) is 3.02. The van der Waals surface area contributed by atoms with Crippen LogP contribution < -0.4 is 16.1 Å². The van der Waals surface area contributed by atoms with Gasteiger partial charge >= 0.3 is 11.9 Å². The van der Waals surface area contributed by atoms with E-state index in [0.29, 0.717) is 12.3 Å². The van der Waals surface area contributed by atoms with Crippen LogP contribution in [-0.2, 0) is 22.8 Å². The lowest BCUT2D eigenvalue weighted by Crippen LogP contribution is -2.43. The van der Waals surface area contributed by atoms with Gasteiger partial charge in [-0.05, 0) is 12.1 Å². The van der Waals surface area contributed by atoms with Gasteiger partial charge in [0.25, 0.3) is 5.56 Å². The molecule has 2 aromatic heterocycles. The molecule has 150 valence electrons. The zero-order chi connectivity index (χ0) is 20.9. The fourth-order valence-electron chi connectivity index (χ4n) is 2.52. The van der Waals surface area contributed by atoms with Gasteiger partial charge in [-0.15, -0.1) is 0 Å². The number of sulfonamides is 1. The maximum Gasteiger partial charge on any atom is 0.418 e. The molecule has 0 bridgehead atoms. The van der Waals surface area contributed by atoms with Crippen LogP contribution in [0.1, 0.15) is 11.3 Å². The van der Waals surface area contributed by atoms with Crippen molar-refractivity contribution in [1.82, 2.24) is 19.2 Å². The van der Waals surface area contributed by atoms with Crippen LogP contribution in [-0.4, -0.2) is 39.0 Å². The van der Waals surface area contributed by atoms with Crippen molar-refractivity contribution in [2.45, 2.75) is 12.8 Å². The van der Waals surface area contributed by atoms with Crippen LogP contribution in [0.3, 0.4) is 0 Å². The Balaban J connectivity index is 2.38. The Morgan fingerprint density at radius 2 is 1.96 bits per heavy atom. The van der Waals surface area contributed by atoms with Crippen molar-refractivity contribution in [1.29, 1.82) is 0 Å². The van der Waals surface area contributed by atoms with Gasteiger partial charge in [0, 0.05) is 6.20 Å². The molecule has 0 saturated carbocycles. The molecule has 2 heterocycles. The van der Waals surface area contributed by atoms with Gasteiger partial charge < -0.3 is 14.7 Å². The van der Waals surface area contributed by atoms with Gasteiger partial charge in [0.2, 0.25) is 10.0 Å². The van der Waals surface area contributed by atoms with Crippen LogP contribution in [0.5, 0.6) is 0 Å². The molecule has 0 fully saturated rings. The highest BCUT2D eigenvalue weighted by Crippen LogP contribution is 2.35. The molecule has 0 aliphatic heterocycles. The number of aliphatic hydroxyl groups is 1. The van der Waals surface area contributed by atoms with E-state index in [0.717, 1.165) is 23.2 Å². The van der Waals surface area contributed by atoms with E-state index in [-0.39, 0.29) is 15.8 Å². The van der Waals surface area contributed by atoms with Crippen molar-refractivity contribution in [3.05, 3.63) is 56.8 Å². The molecule has 0 amide bonds. The first-order valence-corrected chi connectivity index (χ1v) is 9.32. The molecule has 0 aliphatic rings. The molecular weight excluding hydrogens is 407 g/mol. The number of aromatic nitrogens is 4. The number of nitrogens with one attached hydrogen (secondary N) is 2. The minimum absolute atomic E-state index is 0.0887. The highest BCUT2D eigenvalue weighted by molar-refractivity contribution is 7.91. The number of imidazole rings is 1. The third-order valence-corrected chi connectivity index (χ3v) is 4.17. The largest absolute Gasteiger partial charge is 0.418 e. The first-order valence-electron chi connectivity index (χ1n) is 7.43. The van der Waals surface area contributed by atoms with Crippen LogP contribution in [0.25, 0.3) is 16.6 Å². The van der Waals surface area contributed by atoms with E-state index in [1.54, 1.807) is 4.83 Å². The van der Waals surface area contributed by atoms with Crippen molar-refractivity contribution >= 4 is 20.9 Å². The number of hydrogen-bond acceptors (Lipinski definition) is 6. The van der Waals surface area contributed by atoms with Crippen molar-refractivity contribution in [3.8, 4) is 5.69 Å². The number of fused-ring (bicyclic) bond motifs is 1. The topological polar surface area (TPSA) is 139 Å². The van der Waals surface area contributed by atoms with Gasteiger partial charge in [-0.2, -0.15) is 17.8 Å². The SMILES string of the molecule is CS(=O)(=O)Nn1c(=O)[nH]c2cc(C(F)(F)F)c(-n3cnc(CO)c3)cc2c1=O. The van der Waals surface area contributed by atoms with Gasteiger partial charge in [-0.25, -0.2) is 23.0 Å². The second-order valence-corrected chi connectivity index (χ2v) is 7.50. The summed E-state index contributed by atoms with van der Waals surface area (Å²) in [6, 6.07) is 1.41. The number of nitrogens with zero attached hydrogens (tertiary/aromatic N) is 3. The molecule has 14 heteroatoms. The van der Waals surface area contributed by atoms with Gasteiger partial charge in [0.1, 0.15) is 0 Å². The minimum Gasteiger partial charge on any atom is -0.390 e. The lowest BCUT2D eigenvalue weighted by molar-refractivity contribution is -0.137. The number of hydrogen-bond donors (Lipinski definition) is 3. The van der Waals surface area contributed by atoms with E-state index in [9.17, 15) is 31.2 Å². The molecule has 3 N–H and O–H groups in total. The minimum atomic E-state index is -4.84. The number of H-pyrrole nitrogens is 1. The highest BCUT2D eigenvalue weighted by atomic mass is 32.2. The van der Waals surface area contributed by atoms with Crippen LogP contribution >= 0.6 is 0 Å². The van der Waals surface area contributed by atoms with Crippen molar-refractivity contribution in [2.75, 3.05) is 11.1 Å². The Bertz CT molecular complexity index is 1290. The summed E-state index contributed by atoms with van der Waals surface area (Å²) < 4.78 is 64.3. The van der Waals surface area contributed by atoms with Crippen LogP contribution in [0.4, 0.5) is 13.2 Å². The lowest BCUT2D eigenvalue weighted by atomic mass is 10.1. The Morgan fingerprint density at radius 1 is 1.29 bits per heavy atom. The number of halogens is 3. The van der Waals surface area contributed by atoms with Gasteiger partial charge in [-0.3, -0.25) is 4.79 Å². The van der Waals surface area contributed by atoms with Crippen LogP contribution in [0.15, 0.2) is 34.2 Å². The summed E-state index contributed by atoms with van der Waals surface area (Å²) in [5.74, 6) is 0. The van der Waals surface area contributed by atoms with E-state index >= 15 is 0 Å². The lowest BCUT2D eigenvalue weighted by Gasteiger charge is -2.15. The number of aliphatic hydroxyl groups excluding tert-OH is 1. The Kier molecular flexibility index (Phi) is 4.55. The first kappa shape index (κ1) is 19.6. The fraction of sp³-hybridized carbons (Fsp3) is 0.214. The monoisotopic (exact) mass is 419 g/mol. The quantitative estimate of drug-likeness (QED) is 0.539. The third-order valence-electron chi connectivity index (χ3n) is 3.65. The molecule has 3 aromatic rings. The molecule has 0 spiro atoms. The first-order chi connectivity index (χ1) is 12.9. The zero-order valence-electron chi connectivity index (χ0n) is 14.0. The third kappa shape index (κ3) is 3.63. The summed E-state index contributed by atoms with van der Waals surface area (Å²) in [6.45, 7) is -0.514. The molecular formula is C14H12F3N5O5S. The van der Waals surface area contributed by atoms with Crippen molar-refractivity contribution in [2.24, 2.45) is 0 Å². The number of alkyl halides is 3. The summed E-state index contributed by atoms with van der Waals surface area (Å²) in [6.07, 6.45) is -2.00.